The highest BCUT2D eigenvalue weighted by atomic mass is 19.1. The fraction of sp³-hybridized carbons (Fsp3) is 0.265. The van der Waals surface area contributed by atoms with Crippen molar-refractivity contribution in [1.29, 1.82) is 0 Å². The fourth-order valence-electron chi connectivity index (χ4n) is 4.62. The van der Waals surface area contributed by atoms with Gasteiger partial charge >= 0.3 is 0 Å². The zero-order valence-electron chi connectivity index (χ0n) is 23.6. The number of ether oxygens (including phenoxy) is 3. The molecule has 41 heavy (non-hydrogen) atoms. The summed E-state index contributed by atoms with van der Waals surface area (Å²) in [6.07, 6.45) is 2.24. The van der Waals surface area contributed by atoms with Gasteiger partial charge in [0.2, 0.25) is 5.91 Å². The van der Waals surface area contributed by atoms with E-state index in [-0.39, 0.29) is 23.8 Å². The van der Waals surface area contributed by atoms with Crippen molar-refractivity contribution in [2.75, 3.05) is 13.7 Å². The normalized spacial score (nSPS) is 10.8. The van der Waals surface area contributed by atoms with Crippen molar-refractivity contribution in [3.8, 4) is 28.4 Å². The van der Waals surface area contributed by atoms with Crippen LogP contribution in [0.1, 0.15) is 42.0 Å². The van der Waals surface area contributed by atoms with Crippen LogP contribution >= 0.6 is 0 Å². The molecule has 4 rings (SSSR count). The Bertz CT molecular complexity index is 1470. The van der Waals surface area contributed by atoms with Gasteiger partial charge in [0, 0.05) is 19.5 Å². The van der Waals surface area contributed by atoms with Gasteiger partial charge in [0.25, 0.3) is 0 Å². The smallest absolute Gasteiger partial charge is 0.216 e. The Morgan fingerprint density at radius 1 is 0.829 bits per heavy atom. The molecule has 0 bridgehead atoms. The van der Waals surface area contributed by atoms with Crippen molar-refractivity contribution in [3.05, 3.63) is 113 Å². The summed E-state index contributed by atoms with van der Waals surface area (Å²) in [6, 6.07) is 24.3. The van der Waals surface area contributed by atoms with Crippen LogP contribution in [0, 0.1) is 18.6 Å². The first-order valence-corrected chi connectivity index (χ1v) is 13.6. The van der Waals surface area contributed by atoms with Crippen molar-refractivity contribution < 1.29 is 27.8 Å². The van der Waals surface area contributed by atoms with Crippen molar-refractivity contribution >= 4 is 5.91 Å². The predicted molar refractivity (Wildman–Crippen MR) is 156 cm³/mol. The third-order valence-electron chi connectivity index (χ3n) is 6.95. The van der Waals surface area contributed by atoms with Crippen molar-refractivity contribution in [2.45, 2.75) is 46.3 Å². The Morgan fingerprint density at radius 3 is 2.39 bits per heavy atom. The zero-order valence-corrected chi connectivity index (χ0v) is 23.6. The lowest BCUT2D eigenvalue weighted by Gasteiger charge is -2.16. The number of benzene rings is 4. The summed E-state index contributed by atoms with van der Waals surface area (Å²) < 4.78 is 46.4. The highest BCUT2D eigenvalue weighted by molar-refractivity contribution is 5.72. The molecule has 0 spiro atoms. The number of hydrogen-bond donors (Lipinski definition) is 1. The van der Waals surface area contributed by atoms with Gasteiger partial charge in [-0.15, -0.1) is 0 Å². The number of hydrogen-bond acceptors (Lipinski definition) is 4. The average molecular weight is 560 g/mol. The van der Waals surface area contributed by atoms with Crippen LogP contribution < -0.4 is 19.5 Å². The standard InChI is InChI=1S/C34H35F2NO4/c1-23-27(13-9-14-29(23)25-10-5-4-6-11-25)21-40-28-16-15-26(12-7-8-19-37-24(2)38)33(20-28)41-22-30-31(35)17-18-32(39-3)34(30)36/h4-6,9-11,13-18,20H,7-8,12,19,21-22H2,1-3H3,(H,37,38). The Morgan fingerprint density at radius 2 is 1.63 bits per heavy atom. The van der Waals surface area contributed by atoms with Gasteiger partial charge in [0.05, 0.1) is 12.7 Å². The number of unbranched alkanes of at least 4 members (excludes halogenated alkanes) is 1. The molecular weight excluding hydrogens is 524 g/mol. The van der Waals surface area contributed by atoms with Gasteiger partial charge in [0.15, 0.2) is 11.6 Å². The summed E-state index contributed by atoms with van der Waals surface area (Å²) in [5, 5.41) is 2.79. The molecule has 0 saturated heterocycles. The highest BCUT2D eigenvalue weighted by Crippen LogP contribution is 2.31. The maximum atomic E-state index is 14.8. The van der Waals surface area contributed by atoms with Gasteiger partial charge in [0.1, 0.15) is 30.5 Å². The first-order chi connectivity index (χ1) is 19.9. The molecule has 0 saturated carbocycles. The van der Waals surface area contributed by atoms with E-state index in [1.807, 2.05) is 42.5 Å². The minimum Gasteiger partial charge on any atom is -0.494 e. The van der Waals surface area contributed by atoms with E-state index >= 15 is 0 Å². The number of halogens is 2. The number of carbonyl (C=O) groups is 1. The van der Waals surface area contributed by atoms with Gasteiger partial charge in [-0.2, -0.15) is 0 Å². The number of amides is 1. The van der Waals surface area contributed by atoms with E-state index in [1.165, 1.54) is 20.1 Å². The van der Waals surface area contributed by atoms with Crippen LogP contribution in [0.2, 0.25) is 0 Å². The molecule has 0 radical (unpaired) electrons. The summed E-state index contributed by atoms with van der Waals surface area (Å²) in [6.45, 7) is 4.18. The minimum atomic E-state index is -0.787. The lowest BCUT2D eigenvalue weighted by atomic mass is 9.97. The molecule has 7 heteroatoms. The molecule has 1 N–H and O–H groups in total. The molecule has 0 aliphatic heterocycles. The second-order valence-corrected chi connectivity index (χ2v) is 9.78. The van der Waals surface area contributed by atoms with E-state index in [2.05, 4.69) is 30.4 Å². The summed E-state index contributed by atoms with van der Waals surface area (Å²) in [5.74, 6) is -0.542. The van der Waals surface area contributed by atoms with Crippen LogP contribution in [0.15, 0.2) is 78.9 Å². The predicted octanol–water partition coefficient (Wildman–Crippen LogP) is 7.57. The molecule has 214 valence electrons. The van der Waals surface area contributed by atoms with Crippen LogP contribution in [0.4, 0.5) is 8.78 Å². The SMILES string of the molecule is COc1ccc(F)c(COc2cc(OCc3cccc(-c4ccccc4)c3C)ccc2CCCCNC(C)=O)c1F. The molecule has 0 unspecified atom stereocenters. The van der Waals surface area contributed by atoms with Crippen molar-refractivity contribution in [2.24, 2.45) is 0 Å². The number of methoxy groups -OCH3 is 1. The third-order valence-corrected chi connectivity index (χ3v) is 6.95. The quantitative estimate of drug-likeness (QED) is 0.172. The van der Waals surface area contributed by atoms with Gasteiger partial charge in [-0.3, -0.25) is 4.79 Å². The molecule has 0 aliphatic carbocycles. The Kier molecular flexibility index (Phi) is 10.3. The molecule has 5 nitrogen and oxygen atoms in total. The lowest BCUT2D eigenvalue weighted by Crippen LogP contribution is -2.20. The maximum absolute atomic E-state index is 14.8. The molecule has 0 aliphatic rings. The fourth-order valence-corrected chi connectivity index (χ4v) is 4.62. The van der Waals surface area contributed by atoms with E-state index in [0.717, 1.165) is 46.7 Å². The second kappa shape index (κ2) is 14.3. The number of rotatable bonds is 13. The average Bonchev–Trinajstić information content (AvgIpc) is 2.97. The van der Waals surface area contributed by atoms with Crippen molar-refractivity contribution in [1.82, 2.24) is 5.32 Å². The molecule has 4 aromatic carbocycles. The van der Waals surface area contributed by atoms with Crippen molar-refractivity contribution in [3.63, 3.8) is 0 Å². The van der Waals surface area contributed by atoms with E-state index in [0.29, 0.717) is 31.1 Å². The number of carbonyl (C=O) groups excluding carboxylic acids is 1. The van der Waals surface area contributed by atoms with Crippen LogP contribution in [0.5, 0.6) is 17.2 Å². The second-order valence-electron chi connectivity index (χ2n) is 9.78. The highest BCUT2D eigenvalue weighted by Gasteiger charge is 2.16. The van der Waals surface area contributed by atoms with E-state index in [9.17, 15) is 13.6 Å². The summed E-state index contributed by atoms with van der Waals surface area (Å²) in [4.78, 5) is 11.1. The van der Waals surface area contributed by atoms with E-state index in [1.54, 1.807) is 6.07 Å². The van der Waals surface area contributed by atoms with Gasteiger partial charge < -0.3 is 19.5 Å². The first kappa shape index (κ1) is 29.6. The Balaban J connectivity index is 1.52. The lowest BCUT2D eigenvalue weighted by molar-refractivity contribution is -0.118. The van der Waals surface area contributed by atoms with Gasteiger partial charge in [-0.05, 0) is 72.2 Å². The largest absolute Gasteiger partial charge is 0.494 e. The van der Waals surface area contributed by atoms with Crippen LogP contribution in [0.3, 0.4) is 0 Å². The Labute approximate surface area is 240 Å². The van der Waals surface area contributed by atoms with Gasteiger partial charge in [-0.25, -0.2) is 8.78 Å². The molecule has 0 aromatic heterocycles. The Hall–Kier alpha value is -4.39. The number of nitrogens with one attached hydrogen (secondary N) is 1. The molecule has 4 aromatic rings. The number of aryl methyl sites for hydroxylation is 1. The summed E-state index contributed by atoms with van der Waals surface area (Å²) in [5.41, 5.74) is 5.15. The van der Waals surface area contributed by atoms with E-state index in [4.69, 9.17) is 14.2 Å². The molecule has 0 atom stereocenters. The molecular formula is C34H35F2NO4. The van der Waals surface area contributed by atoms with Crippen LogP contribution in [-0.4, -0.2) is 19.6 Å². The zero-order chi connectivity index (χ0) is 29.2. The first-order valence-electron chi connectivity index (χ1n) is 13.6. The summed E-state index contributed by atoms with van der Waals surface area (Å²) in [7, 11) is 1.33. The van der Waals surface area contributed by atoms with Crippen LogP contribution in [-0.2, 0) is 24.4 Å². The van der Waals surface area contributed by atoms with E-state index < -0.39 is 11.6 Å². The van der Waals surface area contributed by atoms with Gasteiger partial charge in [-0.1, -0.05) is 54.6 Å². The third kappa shape index (κ3) is 7.84. The van der Waals surface area contributed by atoms with Crippen LogP contribution in [0.25, 0.3) is 11.1 Å². The topological polar surface area (TPSA) is 56.8 Å². The minimum absolute atomic E-state index is 0.0478. The maximum Gasteiger partial charge on any atom is 0.216 e. The molecule has 1 amide bonds. The summed E-state index contributed by atoms with van der Waals surface area (Å²) >= 11 is 0. The molecule has 0 fully saturated rings. The molecule has 0 heterocycles. The monoisotopic (exact) mass is 559 g/mol.